The third-order valence-corrected chi connectivity index (χ3v) is 8.27. The first-order valence-corrected chi connectivity index (χ1v) is 14.0. The molecule has 1 aromatic heterocycles. The number of thiazole rings is 1. The maximum Gasteiger partial charge on any atom is 0.271 e. The van der Waals surface area contributed by atoms with E-state index in [4.69, 9.17) is 19.2 Å². The van der Waals surface area contributed by atoms with Gasteiger partial charge in [-0.15, -0.1) is 0 Å². The summed E-state index contributed by atoms with van der Waals surface area (Å²) in [5, 5.41) is 0. The molecule has 1 atom stereocenters. The summed E-state index contributed by atoms with van der Waals surface area (Å²) in [6.07, 6.45) is 1.82. The molecule has 0 saturated carbocycles. The van der Waals surface area contributed by atoms with Crippen LogP contribution < -0.4 is 29.1 Å². The number of ether oxygens (including phenoxy) is 3. The van der Waals surface area contributed by atoms with Gasteiger partial charge in [0.05, 0.1) is 40.7 Å². The molecule has 2 heterocycles. The molecule has 0 radical (unpaired) electrons. The van der Waals surface area contributed by atoms with Crippen molar-refractivity contribution >= 4 is 45.9 Å². The normalized spacial score (nSPS) is 15.1. The molecule has 0 N–H and O–H groups in total. The van der Waals surface area contributed by atoms with Crippen molar-refractivity contribution in [3.8, 4) is 17.2 Å². The first-order valence-electron chi connectivity index (χ1n) is 12.2. The Balaban J connectivity index is 1.99. The van der Waals surface area contributed by atoms with E-state index in [1.165, 1.54) is 11.3 Å². The van der Waals surface area contributed by atoms with Crippen molar-refractivity contribution in [2.24, 2.45) is 4.99 Å². The second kappa shape index (κ2) is 11.7. The molecular weight excluding hydrogens is 617 g/mol. The minimum atomic E-state index is -0.678. The van der Waals surface area contributed by atoms with Crippen molar-refractivity contribution in [1.82, 2.24) is 9.47 Å². The number of para-hydroxylation sites is 1. The van der Waals surface area contributed by atoms with Gasteiger partial charge in [-0.05, 0) is 73.2 Å². The predicted octanol–water partition coefficient (Wildman–Crippen LogP) is 3.73. The number of allylic oxidation sites excluding steroid dienone is 1. The van der Waals surface area contributed by atoms with Crippen LogP contribution >= 0.6 is 33.9 Å². The standard InChI is InChI=1S/C28H30IN3O5S/c1-7-31(8-2)27(34)23-16(3)30-28-32(24(23)18-11-9-10-12-20(18)35-4)26(33)22(38-28)15-17-13-19(29)25(37-6)21(14-17)36-5/h9-15,24H,7-8H2,1-6H3/b22-15+/t24-/m0/s1. The zero-order valence-corrected chi connectivity index (χ0v) is 25.2. The molecule has 0 fully saturated rings. The first kappa shape index (κ1) is 27.9. The van der Waals surface area contributed by atoms with Crippen molar-refractivity contribution < 1.29 is 19.0 Å². The van der Waals surface area contributed by atoms with Gasteiger partial charge in [0.25, 0.3) is 11.5 Å². The van der Waals surface area contributed by atoms with E-state index in [1.807, 2.05) is 63.2 Å². The van der Waals surface area contributed by atoms with Gasteiger partial charge >= 0.3 is 0 Å². The highest BCUT2D eigenvalue weighted by molar-refractivity contribution is 14.1. The lowest BCUT2D eigenvalue weighted by Gasteiger charge is -2.29. The Bertz CT molecular complexity index is 1590. The maximum absolute atomic E-state index is 14.0. The van der Waals surface area contributed by atoms with Crippen molar-refractivity contribution in [2.75, 3.05) is 34.4 Å². The average Bonchev–Trinajstić information content (AvgIpc) is 3.21. The number of rotatable bonds is 8. The van der Waals surface area contributed by atoms with E-state index < -0.39 is 6.04 Å². The molecule has 4 rings (SSSR count). The van der Waals surface area contributed by atoms with Crippen LogP contribution in [0, 0.1) is 3.57 Å². The predicted molar refractivity (Wildman–Crippen MR) is 157 cm³/mol. The molecule has 0 unspecified atom stereocenters. The Morgan fingerprint density at radius 3 is 2.42 bits per heavy atom. The zero-order chi connectivity index (χ0) is 27.6. The monoisotopic (exact) mass is 647 g/mol. The number of nitrogens with zero attached hydrogens (tertiary/aromatic N) is 3. The van der Waals surface area contributed by atoms with Gasteiger partial charge in [0.1, 0.15) is 11.8 Å². The van der Waals surface area contributed by atoms with E-state index >= 15 is 0 Å². The van der Waals surface area contributed by atoms with Crippen LogP contribution in [0.4, 0.5) is 0 Å². The lowest BCUT2D eigenvalue weighted by molar-refractivity contribution is -0.127. The third kappa shape index (κ3) is 4.98. The van der Waals surface area contributed by atoms with Crippen LogP contribution in [0.5, 0.6) is 17.2 Å². The van der Waals surface area contributed by atoms with Crippen molar-refractivity contribution in [1.29, 1.82) is 0 Å². The van der Waals surface area contributed by atoms with Crippen LogP contribution in [-0.2, 0) is 4.79 Å². The number of amides is 1. The number of aromatic nitrogens is 1. The lowest BCUT2D eigenvalue weighted by Crippen LogP contribution is -2.43. The fraction of sp³-hybridized carbons (Fsp3) is 0.321. The molecule has 0 spiro atoms. The summed E-state index contributed by atoms with van der Waals surface area (Å²) in [6, 6.07) is 10.6. The number of fused-ring (bicyclic) bond motifs is 1. The summed E-state index contributed by atoms with van der Waals surface area (Å²) < 4.78 is 19.6. The fourth-order valence-corrected chi connectivity index (χ4v) is 6.53. The summed E-state index contributed by atoms with van der Waals surface area (Å²) in [6.45, 7) is 6.80. The van der Waals surface area contributed by atoms with Gasteiger partial charge < -0.3 is 19.1 Å². The first-order chi connectivity index (χ1) is 18.3. The molecule has 1 aliphatic rings. The second-order valence-corrected chi connectivity index (χ2v) is 10.7. The third-order valence-electron chi connectivity index (χ3n) is 6.49. The highest BCUT2D eigenvalue weighted by Gasteiger charge is 2.35. The molecule has 0 saturated heterocycles. The van der Waals surface area contributed by atoms with Gasteiger partial charge in [-0.1, -0.05) is 29.5 Å². The van der Waals surface area contributed by atoms with Gasteiger partial charge in [-0.3, -0.25) is 14.2 Å². The van der Waals surface area contributed by atoms with Gasteiger partial charge in [-0.25, -0.2) is 4.99 Å². The fourth-order valence-electron chi connectivity index (χ4n) is 4.64. The number of carbonyl (C=O) groups excluding carboxylic acids is 1. The number of carbonyl (C=O) groups is 1. The van der Waals surface area contributed by atoms with E-state index in [2.05, 4.69) is 22.6 Å². The summed E-state index contributed by atoms with van der Waals surface area (Å²) in [7, 11) is 4.76. The Morgan fingerprint density at radius 1 is 1.11 bits per heavy atom. The van der Waals surface area contributed by atoms with Crippen LogP contribution in [0.15, 0.2) is 57.5 Å². The summed E-state index contributed by atoms with van der Waals surface area (Å²) in [4.78, 5) is 34.8. The number of likely N-dealkylation sites (N-methyl/N-ethyl adjacent to an activating group) is 1. The number of benzene rings is 2. The molecule has 0 bridgehead atoms. The van der Waals surface area contributed by atoms with E-state index in [9.17, 15) is 9.59 Å². The Morgan fingerprint density at radius 2 is 1.79 bits per heavy atom. The SMILES string of the molecule is CCN(CC)C(=O)C1=C(C)N=c2s/c(=C/c3cc(I)c(OC)c(OC)c3)c(=O)n2[C@H]1c1ccccc1OC. The van der Waals surface area contributed by atoms with Crippen LogP contribution in [0.25, 0.3) is 6.08 Å². The Hall–Kier alpha value is -3.12. The Labute approximate surface area is 239 Å². The van der Waals surface area contributed by atoms with Crippen molar-refractivity contribution in [3.63, 3.8) is 0 Å². The smallest absolute Gasteiger partial charge is 0.271 e. The Kier molecular flexibility index (Phi) is 8.61. The van der Waals surface area contributed by atoms with Gasteiger partial charge in [-0.2, -0.15) is 0 Å². The largest absolute Gasteiger partial charge is 0.496 e. The molecule has 3 aromatic rings. The zero-order valence-electron chi connectivity index (χ0n) is 22.2. The lowest BCUT2D eigenvalue weighted by atomic mass is 9.94. The molecule has 0 aliphatic carbocycles. The molecule has 10 heteroatoms. The molecule has 1 amide bonds. The molecular formula is C28H30IN3O5S. The number of methoxy groups -OCH3 is 3. The van der Waals surface area contributed by atoms with Gasteiger partial charge in [0, 0.05) is 18.7 Å². The molecule has 200 valence electrons. The topological polar surface area (TPSA) is 82.4 Å². The van der Waals surface area contributed by atoms with Crippen LogP contribution in [0.1, 0.15) is 37.9 Å². The van der Waals surface area contributed by atoms with E-state index in [0.29, 0.717) is 50.9 Å². The average molecular weight is 648 g/mol. The van der Waals surface area contributed by atoms with Crippen LogP contribution in [0.2, 0.25) is 0 Å². The van der Waals surface area contributed by atoms with Crippen LogP contribution in [-0.4, -0.2) is 49.8 Å². The number of hydrogen-bond acceptors (Lipinski definition) is 7. The van der Waals surface area contributed by atoms with Crippen molar-refractivity contribution in [2.45, 2.75) is 26.8 Å². The molecule has 8 nitrogen and oxygen atoms in total. The van der Waals surface area contributed by atoms with Crippen molar-refractivity contribution in [3.05, 3.63) is 82.1 Å². The quantitative estimate of drug-likeness (QED) is 0.349. The summed E-state index contributed by atoms with van der Waals surface area (Å²) in [5.41, 5.74) is 2.35. The highest BCUT2D eigenvalue weighted by atomic mass is 127. The van der Waals surface area contributed by atoms with Gasteiger partial charge in [0.2, 0.25) is 0 Å². The number of hydrogen-bond donors (Lipinski definition) is 0. The minimum absolute atomic E-state index is 0.143. The highest BCUT2D eigenvalue weighted by Crippen LogP contribution is 2.36. The van der Waals surface area contributed by atoms with Gasteiger partial charge in [0.15, 0.2) is 16.3 Å². The second-order valence-electron chi connectivity index (χ2n) is 8.54. The maximum atomic E-state index is 14.0. The number of halogens is 1. The van der Waals surface area contributed by atoms with Crippen LogP contribution in [0.3, 0.4) is 0 Å². The van der Waals surface area contributed by atoms with E-state index in [1.54, 1.807) is 30.8 Å². The summed E-state index contributed by atoms with van der Waals surface area (Å²) in [5.74, 6) is 1.67. The van der Waals surface area contributed by atoms with E-state index in [0.717, 1.165) is 14.7 Å². The summed E-state index contributed by atoms with van der Waals surface area (Å²) >= 11 is 3.47. The molecule has 2 aromatic carbocycles. The van der Waals surface area contributed by atoms with E-state index in [-0.39, 0.29) is 11.5 Å². The molecule has 38 heavy (non-hydrogen) atoms. The minimum Gasteiger partial charge on any atom is -0.496 e. The molecule has 1 aliphatic heterocycles.